The van der Waals surface area contributed by atoms with Gasteiger partial charge in [-0.05, 0) is 57.2 Å². The standard InChI is InChI=1S/C22H28N4O4/c1-4-29-18-12-15(10-11-17(18)28-3)20-19(14(2)25-22-23-13-24-26(20)22)21(27)30-16-8-6-5-7-9-16/h10-13,16,20H,4-9H2,1-3H3,(H,23,24,25). The molecule has 0 radical (unpaired) electrons. The van der Waals surface area contributed by atoms with Crippen LogP contribution in [0.3, 0.4) is 0 Å². The molecule has 1 aromatic carbocycles. The van der Waals surface area contributed by atoms with E-state index in [1.54, 1.807) is 11.8 Å². The van der Waals surface area contributed by atoms with Gasteiger partial charge in [-0.1, -0.05) is 12.5 Å². The highest BCUT2D eigenvalue weighted by Gasteiger charge is 2.36. The molecule has 1 fully saturated rings. The molecule has 30 heavy (non-hydrogen) atoms. The zero-order valence-electron chi connectivity index (χ0n) is 17.7. The van der Waals surface area contributed by atoms with Crippen molar-refractivity contribution in [1.29, 1.82) is 0 Å². The Kier molecular flexibility index (Phi) is 5.92. The van der Waals surface area contributed by atoms with Crippen LogP contribution in [-0.2, 0) is 9.53 Å². The average molecular weight is 412 g/mol. The number of aromatic nitrogens is 3. The van der Waals surface area contributed by atoms with Crippen molar-refractivity contribution in [2.45, 2.75) is 58.1 Å². The number of methoxy groups -OCH3 is 1. The quantitative estimate of drug-likeness (QED) is 0.721. The largest absolute Gasteiger partial charge is 0.493 e. The van der Waals surface area contributed by atoms with Crippen LogP contribution in [-0.4, -0.2) is 40.6 Å². The lowest BCUT2D eigenvalue weighted by molar-refractivity contribution is -0.146. The SMILES string of the molecule is CCOc1cc(C2C(C(=O)OC3CCCCC3)=C(C)Nc3ncnn32)ccc1OC. The summed E-state index contributed by atoms with van der Waals surface area (Å²) in [6, 6.07) is 5.19. The molecule has 1 aliphatic heterocycles. The van der Waals surface area contributed by atoms with Crippen LogP contribution >= 0.6 is 0 Å². The number of rotatable bonds is 6. The normalized spacial score (nSPS) is 19.1. The summed E-state index contributed by atoms with van der Waals surface area (Å²) in [7, 11) is 1.61. The van der Waals surface area contributed by atoms with E-state index in [0.29, 0.717) is 29.6 Å². The fourth-order valence-corrected chi connectivity index (χ4v) is 4.19. The van der Waals surface area contributed by atoms with Gasteiger partial charge in [-0.3, -0.25) is 0 Å². The molecule has 1 atom stereocenters. The number of hydrogen-bond acceptors (Lipinski definition) is 7. The molecule has 2 heterocycles. The summed E-state index contributed by atoms with van der Waals surface area (Å²) >= 11 is 0. The topological polar surface area (TPSA) is 87.5 Å². The summed E-state index contributed by atoms with van der Waals surface area (Å²) < 4.78 is 18.8. The van der Waals surface area contributed by atoms with Gasteiger partial charge < -0.3 is 19.5 Å². The van der Waals surface area contributed by atoms with E-state index >= 15 is 0 Å². The molecule has 0 amide bonds. The molecule has 1 aromatic heterocycles. The number of ether oxygens (including phenoxy) is 3. The van der Waals surface area contributed by atoms with Gasteiger partial charge in [-0.25, -0.2) is 9.48 Å². The van der Waals surface area contributed by atoms with E-state index in [4.69, 9.17) is 14.2 Å². The Labute approximate surface area is 176 Å². The third-order valence-corrected chi connectivity index (χ3v) is 5.64. The lowest BCUT2D eigenvalue weighted by Crippen LogP contribution is -2.32. The van der Waals surface area contributed by atoms with Gasteiger partial charge in [-0.15, -0.1) is 0 Å². The molecule has 4 rings (SSSR count). The van der Waals surface area contributed by atoms with E-state index in [0.717, 1.165) is 36.9 Å². The molecule has 8 nitrogen and oxygen atoms in total. The van der Waals surface area contributed by atoms with E-state index < -0.39 is 6.04 Å². The summed E-state index contributed by atoms with van der Waals surface area (Å²) in [5, 5.41) is 7.56. The van der Waals surface area contributed by atoms with Crippen LogP contribution in [0.2, 0.25) is 0 Å². The number of nitrogens with one attached hydrogen (secondary N) is 1. The van der Waals surface area contributed by atoms with Crippen LogP contribution in [0.15, 0.2) is 35.8 Å². The van der Waals surface area contributed by atoms with Crippen LogP contribution in [0.5, 0.6) is 11.5 Å². The number of esters is 1. The maximum atomic E-state index is 13.3. The number of carbonyl (C=O) groups excluding carboxylic acids is 1. The molecule has 1 N–H and O–H groups in total. The van der Waals surface area contributed by atoms with Gasteiger partial charge in [0.2, 0.25) is 5.95 Å². The van der Waals surface area contributed by atoms with Crippen LogP contribution in [0.4, 0.5) is 5.95 Å². The molecule has 1 unspecified atom stereocenters. The predicted octanol–water partition coefficient (Wildman–Crippen LogP) is 3.85. The van der Waals surface area contributed by atoms with Crippen LogP contribution < -0.4 is 14.8 Å². The number of nitrogens with zero attached hydrogens (tertiary/aromatic N) is 3. The van der Waals surface area contributed by atoms with E-state index in [1.807, 2.05) is 32.0 Å². The average Bonchev–Trinajstić information content (AvgIpc) is 3.21. The minimum absolute atomic E-state index is 0.0285. The smallest absolute Gasteiger partial charge is 0.338 e. The van der Waals surface area contributed by atoms with Crippen molar-refractivity contribution in [3.8, 4) is 11.5 Å². The van der Waals surface area contributed by atoms with Crippen molar-refractivity contribution in [2.24, 2.45) is 0 Å². The second-order valence-corrected chi connectivity index (χ2v) is 7.60. The molecule has 1 aliphatic carbocycles. The third-order valence-electron chi connectivity index (χ3n) is 5.64. The summed E-state index contributed by atoms with van der Waals surface area (Å²) in [5.41, 5.74) is 2.10. The molecular formula is C22H28N4O4. The van der Waals surface area contributed by atoms with Gasteiger partial charge in [0.1, 0.15) is 18.5 Å². The number of hydrogen-bond donors (Lipinski definition) is 1. The Balaban J connectivity index is 1.73. The van der Waals surface area contributed by atoms with Crippen LogP contribution in [0.25, 0.3) is 0 Å². The second-order valence-electron chi connectivity index (χ2n) is 7.60. The summed E-state index contributed by atoms with van der Waals surface area (Å²) in [4.78, 5) is 17.6. The number of anilines is 1. The van der Waals surface area contributed by atoms with Gasteiger partial charge >= 0.3 is 5.97 Å². The minimum atomic E-state index is -0.468. The first-order valence-electron chi connectivity index (χ1n) is 10.5. The van der Waals surface area contributed by atoms with E-state index in [9.17, 15) is 4.79 Å². The Morgan fingerprint density at radius 2 is 2.03 bits per heavy atom. The lowest BCUT2D eigenvalue weighted by Gasteiger charge is -2.30. The minimum Gasteiger partial charge on any atom is -0.493 e. The maximum Gasteiger partial charge on any atom is 0.338 e. The van der Waals surface area contributed by atoms with Gasteiger partial charge in [0, 0.05) is 5.70 Å². The second kappa shape index (κ2) is 8.77. The highest BCUT2D eigenvalue weighted by Crippen LogP contribution is 2.39. The van der Waals surface area contributed by atoms with Gasteiger partial charge in [0.05, 0.1) is 19.3 Å². The van der Waals surface area contributed by atoms with Crippen molar-refractivity contribution in [1.82, 2.24) is 14.8 Å². The molecule has 0 spiro atoms. The predicted molar refractivity (Wildman–Crippen MR) is 112 cm³/mol. The van der Waals surface area contributed by atoms with Crippen molar-refractivity contribution in [3.63, 3.8) is 0 Å². The molecule has 2 aromatic rings. The molecule has 1 saturated carbocycles. The van der Waals surface area contributed by atoms with Gasteiger partial charge in [0.15, 0.2) is 11.5 Å². The van der Waals surface area contributed by atoms with E-state index in [1.165, 1.54) is 12.7 Å². The summed E-state index contributed by atoms with van der Waals surface area (Å²) in [6.07, 6.45) is 6.68. The Bertz CT molecular complexity index is 946. The lowest BCUT2D eigenvalue weighted by atomic mass is 9.94. The zero-order chi connectivity index (χ0) is 21.1. The number of benzene rings is 1. The van der Waals surface area contributed by atoms with Crippen LogP contribution in [0.1, 0.15) is 57.6 Å². The first-order valence-corrected chi connectivity index (χ1v) is 10.5. The van der Waals surface area contributed by atoms with E-state index in [-0.39, 0.29) is 12.1 Å². The Hall–Kier alpha value is -3.03. The fourth-order valence-electron chi connectivity index (χ4n) is 4.19. The van der Waals surface area contributed by atoms with Gasteiger partial charge in [-0.2, -0.15) is 10.1 Å². The van der Waals surface area contributed by atoms with Gasteiger partial charge in [0.25, 0.3) is 0 Å². The summed E-state index contributed by atoms with van der Waals surface area (Å²) in [5.74, 6) is 1.53. The fraction of sp³-hybridized carbons (Fsp3) is 0.500. The van der Waals surface area contributed by atoms with Crippen molar-refractivity contribution in [3.05, 3.63) is 41.4 Å². The first kappa shape index (κ1) is 20.3. The third kappa shape index (κ3) is 3.86. The van der Waals surface area contributed by atoms with Crippen molar-refractivity contribution in [2.75, 3.05) is 19.0 Å². The van der Waals surface area contributed by atoms with Crippen molar-refractivity contribution >= 4 is 11.9 Å². The number of carbonyl (C=O) groups is 1. The molecule has 0 bridgehead atoms. The van der Waals surface area contributed by atoms with Crippen molar-refractivity contribution < 1.29 is 19.0 Å². The zero-order valence-corrected chi connectivity index (χ0v) is 17.7. The molecule has 8 heteroatoms. The number of allylic oxidation sites excluding steroid dienone is 1. The monoisotopic (exact) mass is 412 g/mol. The Morgan fingerprint density at radius 3 is 2.77 bits per heavy atom. The van der Waals surface area contributed by atoms with E-state index in [2.05, 4.69) is 15.4 Å². The number of fused-ring (bicyclic) bond motifs is 1. The molecular weight excluding hydrogens is 384 g/mol. The Morgan fingerprint density at radius 1 is 1.23 bits per heavy atom. The molecule has 0 saturated heterocycles. The van der Waals surface area contributed by atoms with Crippen LogP contribution in [0, 0.1) is 0 Å². The highest BCUT2D eigenvalue weighted by atomic mass is 16.5. The maximum absolute atomic E-state index is 13.3. The first-order chi connectivity index (χ1) is 14.6. The molecule has 2 aliphatic rings. The summed E-state index contributed by atoms with van der Waals surface area (Å²) in [6.45, 7) is 4.30. The molecule has 160 valence electrons. The highest BCUT2D eigenvalue weighted by molar-refractivity contribution is 5.92.